The highest BCUT2D eigenvalue weighted by atomic mass is 32.2. The number of aromatic nitrogens is 1. The number of carboxylic acid groups (broad SMARTS) is 1. The van der Waals surface area contributed by atoms with E-state index in [1.165, 1.54) is 31.9 Å². The molecule has 1 saturated carbocycles. The third kappa shape index (κ3) is 2.98. The summed E-state index contributed by atoms with van der Waals surface area (Å²) >= 11 is 1.73. The zero-order valence-corrected chi connectivity index (χ0v) is 9.87. The van der Waals surface area contributed by atoms with E-state index in [1.807, 2.05) is 0 Å². The lowest BCUT2D eigenvalue weighted by atomic mass is 10.1. The molecule has 4 heteroatoms. The monoisotopic (exact) mass is 237 g/mol. The van der Waals surface area contributed by atoms with Crippen LogP contribution in [0.3, 0.4) is 0 Å². The van der Waals surface area contributed by atoms with E-state index in [9.17, 15) is 4.79 Å². The van der Waals surface area contributed by atoms with Crippen molar-refractivity contribution in [3.8, 4) is 0 Å². The first-order chi connectivity index (χ1) is 7.75. The predicted octanol–water partition coefficient (Wildman–Crippen LogP) is 3.06. The molecule has 1 aliphatic carbocycles. The highest BCUT2D eigenvalue weighted by molar-refractivity contribution is 7.99. The van der Waals surface area contributed by atoms with E-state index >= 15 is 0 Å². The largest absolute Gasteiger partial charge is 0.478 e. The average molecular weight is 237 g/mol. The first-order valence-corrected chi connectivity index (χ1v) is 6.56. The summed E-state index contributed by atoms with van der Waals surface area (Å²) in [5, 5.41) is 9.66. The highest BCUT2D eigenvalue weighted by Crippen LogP contribution is 2.30. The number of pyridine rings is 1. The van der Waals surface area contributed by atoms with Gasteiger partial charge in [-0.2, -0.15) is 0 Å². The van der Waals surface area contributed by atoms with Crippen molar-refractivity contribution in [3.05, 3.63) is 23.9 Å². The SMILES string of the molecule is O=C(O)c1ccc(SCC2CCCC2)nc1. The zero-order chi connectivity index (χ0) is 11.4. The average Bonchev–Trinajstić information content (AvgIpc) is 2.80. The normalized spacial score (nSPS) is 16.5. The van der Waals surface area contributed by atoms with Crippen LogP contribution in [0.5, 0.6) is 0 Å². The molecule has 0 spiro atoms. The lowest BCUT2D eigenvalue weighted by molar-refractivity contribution is 0.0696. The second-order valence-electron chi connectivity index (χ2n) is 4.15. The van der Waals surface area contributed by atoms with Crippen LogP contribution in [0.4, 0.5) is 0 Å². The number of nitrogens with zero attached hydrogens (tertiary/aromatic N) is 1. The molecule has 0 amide bonds. The van der Waals surface area contributed by atoms with E-state index in [2.05, 4.69) is 4.98 Å². The van der Waals surface area contributed by atoms with Crippen molar-refractivity contribution in [1.29, 1.82) is 0 Å². The quantitative estimate of drug-likeness (QED) is 0.818. The molecule has 1 aromatic heterocycles. The van der Waals surface area contributed by atoms with Crippen LogP contribution in [0.25, 0.3) is 0 Å². The van der Waals surface area contributed by atoms with Gasteiger partial charge in [0.2, 0.25) is 0 Å². The number of hydrogen-bond donors (Lipinski definition) is 1. The lowest BCUT2D eigenvalue weighted by Crippen LogP contribution is -1.99. The first kappa shape index (κ1) is 11.5. The standard InChI is InChI=1S/C12H15NO2S/c14-12(15)10-5-6-11(13-7-10)16-8-9-3-1-2-4-9/h5-7,9H,1-4,8H2,(H,14,15). The molecule has 1 N–H and O–H groups in total. The van der Waals surface area contributed by atoms with Gasteiger partial charge in [-0.15, -0.1) is 11.8 Å². The Bertz CT molecular complexity index is 358. The Morgan fingerprint density at radius 1 is 1.44 bits per heavy atom. The Labute approximate surface area is 99.3 Å². The maximum atomic E-state index is 10.6. The van der Waals surface area contributed by atoms with Crippen LogP contribution in [-0.4, -0.2) is 21.8 Å². The van der Waals surface area contributed by atoms with Gasteiger partial charge in [-0.05, 0) is 30.9 Å². The topological polar surface area (TPSA) is 50.2 Å². The van der Waals surface area contributed by atoms with Crippen molar-refractivity contribution in [1.82, 2.24) is 4.98 Å². The number of thioether (sulfide) groups is 1. The summed E-state index contributed by atoms with van der Waals surface area (Å²) in [6.07, 6.45) is 6.81. The molecular weight excluding hydrogens is 222 g/mol. The van der Waals surface area contributed by atoms with Crippen molar-refractivity contribution in [2.45, 2.75) is 30.7 Å². The van der Waals surface area contributed by atoms with Crippen LogP contribution in [0.2, 0.25) is 0 Å². The molecule has 0 bridgehead atoms. The second-order valence-corrected chi connectivity index (χ2v) is 5.19. The molecule has 0 aromatic carbocycles. The van der Waals surface area contributed by atoms with E-state index in [0.29, 0.717) is 0 Å². The molecule has 86 valence electrons. The van der Waals surface area contributed by atoms with Gasteiger partial charge in [-0.1, -0.05) is 12.8 Å². The Morgan fingerprint density at radius 2 is 2.19 bits per heavy atom. The zero-order valence-electron chi connectivity index (χ0n) is 9.06. The fourth-order valence-electron chi connectivity index (χ4n) is 1.97. The van der Waals surface area contributed by atoms with Crippen LogP contribution in [0, 0.1) is 5.92 Å². The van der Waals surface area contributed by atoms with E-state index in [0.717, 1.165) is 16.7 Å². The van der Waals surface area contributed by atoms with Crippen molar-refractivity contribution in [3.63, 3.8) is 0 Å². The molecule has 1 aromatic rings. The minimum absolute atomic E-state index is 0.255. The minimum atomic E-state index is -0.917. The Morgan fingerprint density at radius 3 is 2.75 bits per heavy atom. The highest BCUT2D eigenvalue weighted by Gasteiger charge is 2.15. The van der Waals surface area contributed by atoms with Crippen molar-refractivity contribution >= 4 is 17.7 Å². The molecule has 0 atom stereocenters. The number of hydrogen-bond acceptors (Lipinski definition) is 3. The summed E-state index contributed by atoms with van der Waals surface area (Å²) in [5.74, 6) is 1.02. The number of rotatable bonds is 4. The van der Waals surface area contributed by atoms with E-state index in [1.54, 1.807) is 23.9 Å². The Kier molecular flexibility index (Phi) is 3.83. The summed E-state index contributed by atoms with van der Waals surface area (Å²) in [7, 11) is 0. The molecule has 0 saturated heterocycles. The third-order valence-electron chi connectivity index (χ3n) is 2.92. The van der Waals surface area contributed by atoms with E-state index in [4.69, 9.17) is 5.11 Å². The van der Waals surface area contributed by atoms with Crippen molar-refractivity contribution in [2.24, 2.45) is 5.92 Å². The van der Waals surface area contributed by atoms with Gasteiger partial charge in [0, 0.05) is 11.9 Å². The number of aromatic carboxylic acids is 1. The van der Waals surface area contributed by atoms with Gasteiger partial charge in [0.05, 0.1) is 10.6 Å². The van der Waals surface area contributed by atoms with Gasteiger partial charge in [0.15, 0.2) is 0 Å². The van der Waals surface area contributed by atoms with Crippen LogP contribution in [-0.2, 0) is 0 Å². The van der Waals surface area contributed by atoms with Gasteiger partial charge in [-0.25, -0.2) is 9.78 Å². The molecule has 0 aliphatic heterocycles. The molecule has 1 aliphatic rings. The number of carboxylic acids is 1. The predicted molar refractivity (Wildman–Crippen MR) is 63.9 cm³/mol. The smallest absolute Gasteiger partial charge is 0.337 e. The molecule has 1 fully saturated rings. The third-order valence-corrected chi connectivity index (χ3v) is 4.10. The molecule has 0 radical (unpaired) electrons. The summed E-state index contributed by atoms with van der Waals surface area (Å²) < 4.78 is 0. The van der Waals surface area contributed by atoms with E-state index < -0.39 is 5.97 Å². The van der Waals surface area contributed by atoms with E-state index in [-0.39, 0.29) is 5.56 Å². The summed E-state index contributed by atoms with van der Waals surface area (Å²) in [4.78, 5) is 14.8. The van der Waals surface area contributed by atoms with Crippen LogP contribution in [0.1, 0.15) is 36.0 Å². The van der Waals surface area contributed by atoms with Crippen LogP contribution >= 0.6 is 11.8 Å². The maximum Gasteiger partial charge on any atom is 0.337 e. The van der Waals surface area contributed by atoms with Crippen molar-refractivity contribution in [2.75, 3.05) is 5.75 Å². The maximum absolute atomic E-state index is 10.6. The molecular formula is C12H15NO2S. The number of carbonyl (C=O) groups is 1. The van der Waals surface area contributed by atoms with Crippen molar-refractivity contribution < 1.29 is 9.90 Å². The lowest BCUT2D eigenvalue weighted by Gasteiger charge is -2.07. The van der Waals surface area contributed by atoms with Crippen LogP contribution in [0.15, 0.2) is 23.4 Å². The summed E-state index contributed by atoms with van der Waals surface area (Å²) in [5.41, 5.74) is 0.255. The minimum Gasteiger partial charge on any atom is -0.478 e. The van der Waals surface area contributed by atoms with Gasteiger partial charge in [0.25, 0.3) is 0 Å². The first-order valence-electron chi connectivity index (χ1n) is 5.58. The van der Waals surface area contributed by atoms with Gasteiger partial charge in [0.1, 0.15) is 0 Å². The fraction of sp³-hybridized carbons (Fsp3) is 0.500. The fourth-order valence-corrected chi connectivity index (χ4v) is 3.00. The molecule has 0 unspecified atom stereocenters. The molecule has 16 heavy (non-hydrogen) atoms. The molecule has 3 nitrogen and oxygen atoms in total. The molecule has 1 heterocycles. The molecule has 2 rings (SSSR count). The summed E-state index contributed by atoms with van der Waals surface area (Å²) in [6, 6.07) is 3.41. The second kappa shape index (κ2) is 5.34. The van der Waals surface area contributed by atoms with Crippen LogP contribution < -0.4 is 0 Å². The van der Waals surface area contributed by atoms with Gasteiger partial charge >= 0.3 is 5.97 Å². The Balaban J connectivity index is 1.87. The Hall–Kier alpha value is -1.03. The summed E-state index contributed by atoms with van der Waals surface area (Å²) in [6.45, 7) is 0. The van der Waals surface area contributed by atoms with Gasteiger partial charge in [-0.3, -0.25) is 0 Å². The van der Waals surface area contributed by atoms with Gasteiger partial charge < -0.3 is 5.11 Å².